The van der Waals surface area contributed by atoms with E-state index < -0.39 is 0 Å². The molecule has 0 aliphatic carbocycles. The summed E-state index contributed by atoms with van der Waals surface area (Å²) in [7, 11) is 3.24. The van der Waals surface area contributed by atoms with Crippen molar-refractivity contribution >= 4 is 50.2 Å². The first-order valence-electron chi connectivity index (χ1n) is 12.1. The highest BCUT2D eigenvalue weighted by molar-refractivity contribution is 9.10. The van der Waals surface area contributed by atoms with Crippen LogP contribution in [0.3, 0.4) is 0 Å². The second-order valence-electron chi connectivity index (χ2n) is 8.68. The van der Waals surface area contributed by atoms with Crippen LogP contribution in [0.15, 0.2) is 87.4 Å². The summed E-state index contributed by atoms with van der Waals surface area (Å²) in [5.74, 6) is 1.47. The van der Waals surface area contributed by atoms with Crippen molar-refractivity contribution in [2.45, 2.75) is 30.8 Å². The number of benzene rings is 3. The highest BCUT2D eigenvalue weighted by Crippen LogP contribution is 2.42. The number of nitrogens with zero attached hydrogens (tertiary/aromatic N) is 3. The molecule has 5 rings (SSSR count). The number of aryl methyl sites for hydroxylation is 1. The maximum Gasteiger partial charge on any atom is 0.253 e. The van der Waals surface area contributed by atoms with Gasteiger partial charge in [0.25, 0.3) is 5.91 Å². The fraction of sp³-hybridized carbons (Fsp3) is 0.241. The number of hydrogen-bond donors (Lipinski definition) is 0. The van der Waals surface area contributed by atoms with Gasteiger partial charge in [-0.2, -0.15) is 5.10 Å². The SMILES string of the molecule is CCn1cc(SCC(=O)N2N=C(c3ccc(Br)cc3)C[C@@H]2c2cccc(OC)c2OC)c2ccccc21. The molecule has 0 fully saturated rings. The first-order chi connectivity index (χ1) is 18.0. The Hall–Kier alpha value is -3.23. The molecule has 0 saturated heterocycles. The summed E-state index contributed by atoms with van der Waals surface area (Å²) in [6, 6.07) is 21.8. The van der Waals surface area contributed by atoms with E-state index in [0.717, 1.165) is 38.1 Å². The van der Waals surface area contributed by atoms with Gasteiger partial charge in [0.05, 0.1) is 31.7 Å². The number of thioether (sulfide) groups is 1. The second kappa shape index (κ2) is 11.0. The Bertz CT molecular complexity index is 1470. The molecule has 37 heavy (non-hydrogen) atoms. The quantitative estimate of drug-likeness (QED) is 0.213. The number of hydrogen-bond acceptors (Lipinski definition) is 5. The third kappa shape index (κ3) is 5.00. The van der Waals surface area contributed by atoms with E-state index in [0.29, 0.717) is 17.9 Å². The number of rotatable bonds is 8. The van der Waals surface area contributed by atoms with Gasteiger partial charge in [0.1, 0.15) is 0 Å². The third-order valence-corrected chi connectivity index (χ3v) is 8.14. The summed E-state index contributed by atoms with van der Waals surface area (Å²) in [5, 5.41) is 7.63. The van der Waals surface area contributed by atoms with Crippen molar-refractivity contribution in [1.29, 1.82) is 0 Å². The number of fused-ring (bicyclic) bond motifs is 1. The van der Waals surface area contributed by atoms with Crippen molar-refractivity contribution in [1.82, 2.24) is 9.58 Å². The maximum atomic E-state index is 13.7. The van der Waals surface area contributed by atoms with Crippen LogP contribution in [-0.4, -0.2) is 41.2 Å². The fourth-order valence-electron chi connectivity index (χ4n) is 4.77. The summed E-state index contributed by atoms with van der Waals surface area (Å²) in [6.07, 6.45) is 2.71. The van der Waals surface area contributed by atoms with Crippen LogP contribution < -0.4 is 9.47 Å². The molecule has 1 atom stereocenters. The van der Waals surface area contributed by atoms with Crippen LogP contribution in [0.1, 0.15) is 30.5 Å². The van der Waals surface area contributed by atoms with Gasteiger partial charge in [0.2, 0.25) is 0 Å². The molecule has 8 heteroatoms. The van der Waals surface area contributed by atoms with Crippen molar-refractivity contribution < 1.29 is 14.3 Å². The summed E-state index contributed by atoms with van der Waals surface area (Å²) < 4.78 is 14.5. The number of amides is 1. The molecule has 0 N–H and O–H groups in total. The largest absolute Gasteiger partial charge is 0.493 e. The lowest BCUT2D eigenvalue weighted by atomic mass is 9.97. The van der Waals surface area contributed by atoms with Gasteiger partial charge in [-0.05, 0) is 36.8 Å². The maximum absolute atomic E-state index is 13.7. The molecule has 1 aromatic heterocycles. The van der Waals surface area contributed by atoms with Gasteiger partial charge < -0.3 is 14.0 Å². The minimum atomic E-state index is -0.297. The molecule has 4 aromatic rings. The second-order valence-corrected chi connectivity index (χ2v) is 10.6. The Kier molecular flexibility index (Phi) is 7.58. The van der Waals surface area contributed by atoms with Gasteiger partial charge in [0, 0.05) is 45.0 Å². The topological polar surface area (TPSA) is 56.1 Å². The number of carbonyl (C=O) groups is 1. The van der Waals surface area contributed by atoms with E-state index >= 15 is 0 Å². The first kappa shape index (κ1) is 25.4. The molecule has 1 aliphatic rings. The fourth-order valence-corrected chi connectivity index (χ4v) is 5.97. The third-order valence-electron chi connectivity index (χ3n) is 6.58. The highest BCUT2D eigenvalue weighted by Gasteiger charge is 2.35. The molecule has 6 nitrogen and oxygen atoms in total. The highest BCUT2D eigenvalue weighted by atomic mass is 79.9. The molecule has 0 saturated carbocycles. The van der Waals surface area contributed by atoms with Crippen molar-refractivity contribution in [2.24, 2.45) is 5.10 Å². The number of halogens is 1. The van der Waals surface area contributed by atoms with E-state index in [2.05, 4.69) is 45.8 Å². The zero-order valence-electron chi connectivity index (χ0n) is 21.0. The lowest BCUT2D eigenvalue weighted by Crippen LogP contribution is -2.28. The minimum absolute atomic E-state index is 0.0553. The van der Waals surface area contributed by atoms with Gasteiger partial charge in [-0.25, -0.2) is 5.01 Å². The molecular weight excluding hydrogens is 550 g/mol. The van der Waals surface area contributed by atoms with Gasteiger partial charge in [-0.3, -0.25) is 4.79 Å². The van der Waals surface area contributed by atoms with E-state index in [4.69, 9.17) is 14.6 Å². The monoisotopic (exact) mass is 577 g/mol. The Morgan fingerprint density at radius 1 is 1.05 bits per heavy atom. The van der Waals surface area contributed by atoms with E-state index in [9.17, 15) is 4.79 Å². The van der Waals surface area contributed by atoms with E-state index in [1.807, 2.05) is 54.6 Å². The summed E-state index contributed by atoms with van der Waals surface area (Å²) in [6.45, 7) is 3.00. The first-order valence-corrected chi connectivity index (χ1v) is 13.9. The van der Waals surface area contributed by atoms with Gasteiger partial charge in [0.15, 0.2) is 11.5 Å². The van der Waals surface area contributed by atoms with Crippen LogP contribution in [-0.2, 0) is 11.3 Å². The average Bonchev–Trinajstić information content (AvgIpc) is 3.54. The molecular formula is C29H28BrN3O3S. The van der Waals surface area contributed by atoms with Crippen LogP contribution in [0, 0.1) is 0 Å². The van der Waals surface area contributed by atoms with Crippen molar-refractivity contribution in [2.75, 3.05) is 20.0 Å². The number of aromatic nitrogens is 1. The van der Waals surface area contributed by atoms with Crippen molar-refractivity contribution in [3.63, 3.8) is 0 Å². The Morgan fingerprint density at radius 2 is 1.84 bits per heavy atom. The van der Waals surface area contributed by atoms with E-state index in [1.54, 1.807) is 31.0 Å². The van der Waals surface area contributed by atoms with E-state index in [1.165, 1.54) is 5.52 Å². The molecule has 2 heterocycles. The Balaban J connectivity index is 1.47. The number of ether oxygens (including phenoxy) is 2. The molecule has 190 valence electrons. The van der Waals surface area contributed by atoms with Crippen molar-refractivity contribution in [3.05, 3.63) is 88.5 Å². The summed E-state index contributed by atoms with van der Waals surface area (Å²) >= 11 is 5.05. The normalized spacial score (nSPS) is 15.2. The predicted molar refractivity (Wildman–Crippen MR) is 153 cm³/mol. The Morgan fingerprint density at radius 3 is 2.57 bits per heavy atom. The lowest BCUT2D eigenvalue weighted by Gasteiger charge is -2.24. The summed E-state index contributed by atoms with van der Waals surface area (Å²) in [4.78, 5) is 14.8. The zero-order valence-corrected chi connectivity index (χ0v) is 23.4. The van der Waals surface area contributed by atoms with Crippen LogP contribution in [0.4, 0.5) is 0 Å². The van der Waals surface area contributed by atoms with Crippen LogP contribution >= 0.6 is 27.7 Å². The smallest absolute Gasteiger partial charge is 0.253 e. The van der Waals surface area contributed by atoms with Gasteiger partial charge in [-0.15, -0.1) is 11.8 Å². The molecule has 1 aliphatic heterocycles. The zero-order chi connectivity index (χ0) is 25.9. The number of hydrazone groups is 1. The standard InChI is InChI=1S/C29H28BrN3O3S/c1-4-32-17-27(21-8-5-6-10-24(21)32)37-18-28(34)33-25(22-9-7-11-26(35-2)29(22)36-3)16-23(31-33)19-12-14-20(30)15-13-19/h5-15,17,25H,4,16,18H2,1-3H3/t25-/m1/s1. The molecule has 1 amide bonds. The molecule has 0 spiro atoms. The molecule has 0 unspecified atom stereocenters. The number of carbonyl (C=O) groups excluding carboxylic acids is 1. The molecule has 0 bridgehead atoms. The molecule has 0 radical (unpaired) electrons. The minimum Gasteiger partial charge on any atom is -0.493 e. The predicted octanol–water partition coefficient (Wildman–Crippen LogP) is 6.91. The van der Waals surface area contributed by atoms with Crippen LogP contribution in [0.25, 0.3) is 10.9 Å². The van der Waals surface area contributed by atoms with Crippen LogP contribution in [0.2, 0.25) is 0 Å². The Labute approximate surface area is 229 Å². The van der Waals surface area contributed by atoms with E-state index in [-0.39, 0.29) is 17.7 Å². The van der Waals surface area contributed by atoms with Crippen LogP contribution in [0.5, 0.6) is 11.5 Å². The van der Waals surface area contributed by atoms with Crippen molar-refractivity contribution in [3.8, 4) is 11.5 Å². The lowest BCUT2D eigenvalue weighted by molar-refractivity contribution is -0.130. The summed E-state index contributed by atoms with van der Waals surface area (Å²) in [5.41, 5.74) is 3.90. The number of para-hydroxylation sites is 2. The van der Waals surface area contributed by atoms with Gasteiger partial charge in [-0.1, -0.05) is 58.4 Å². The van der Waals surface area contributed by atoms with Gasteiger partial charge >= 0.3 is 0 Å². The molecule has 3 aromatic carbocycles. The average molecular weight is 579 g/mol. The number of methoxy groups -OCH3 is 2.